The largest absolute Gasteiger partial charge is 0.477 e. The Morgan fingerprint density at radius 2 is 1.27 bits per heavy atom. The van der Waals surface area contributed by atoms with Crippen LogP contribution in [0.25, 0.3) is 0 Å². The lowest BCUT2D eigenvalue weighted by molar-refractivity contribution is -0.416. The zero-order chi connectivity index (χ0) is 11.6. The molecule has 0 fully saturated rings. The smallest absolute Gasteiger partial charge is 0.390 e. The van der Waals surface area contributed by atoms with Crippen molar-refractivity contribution >= 4 is 17.6 Å². The molecule has 0 amide bonds. The molecule has 1 aromatic heterocycles. The second-order valence-corrected chi connectivity index (χ2v) is 2.16. The molecule has 0 aliphatic carbocycles. The molecule has 1 rings (SSSR count). The Kier molecular flexibility index (Phi) is 2.46. The predicted molar refractivity (Wildman–Crippen MR) is 42.0 cm³/mol. The second-order valence-electron chi connectivity index (χ2n) is 2.16. The maximum Gasteiger partial charge on any atom is 0.477 e. The van der Waals surface area contributed by atoms with E-state index in [9.17, 15) is 30.3 Å². The van der Waals surface area contributed by atoms with Gasteiger partial charge in [0.25, 0.3) is 0 Å². The summed E-state index contributed by atoms with van der Waals surface area (Å²) in [5, 5.41) is 30.6. The Morgan fingerprint density at radius 3 is 1.53 bits per heavy atom. The van der Waals surface area contributed by atoms with Gasteiger partial charge in [-0.05, 0) is 24.7 Å². The van der Waals surface area contributed by atoms with Crippen molar-refractivity contribution in [1.82, 2.24) is 9.97 Å². The van der Waals surface area contributed by atoms with Gasteiger partial charge in [0.2, 0.25) is 0 Å². The molecule has 0 aliphatic heterocycles. The summed E-state index contributed by atoms with van der Waals surface area (Å²) in [5.74, 6) is -3.18. The predicted octanol–water partition coefficient (Wildman–Crippen LogP) is 0.201. The van der Waals surface area contributed by atoms with E-state index in [2.05, 4.69) is 9.97 Å². The highest BCUT2D eigenvalue weighted by molar-refractivity contribution is 5.34. The van der Waals surface area contributed by atoms with E-state index in [-0.39, 0.29) is 0 Å². The zero-order valence-electron chi connectivity index (χ0n) is 6.76. The minimum absolute atomic E-state index is 0.437. The molecule has 11 heteroatoms. The second kappa shape index (κ2) is 3.57. The van der Waals surface area contributed by atoms with Crippen LogP contribution in [0.1, 0.15) is 0 Å². The van der Waals surface area contributed by atoms with Crippen LogP contribution < -0.4 is 0 Å². The molecule has 0 saturated carbocycles. The molecular formula is C4HN5O6. The lowest BCUT2D eigenvalue weighted by atomic mass is 10.5. The number of hydrogen-bond donors (Lipinski definition) is 0. The standard InChI is InChI=1S/C4HN5O6/c10-7(11)2-1-3(8(12)13)6-4(5-2)9(14)15/h1H. The topological polar surface area (TPSA) is 155 Å². The maximum absolute atomic E-state index is 10.2. The van der Waals surface area contributed by atoms with Gasteiger partial charge in [-0.2, -0.15) is 0 Å². The molecule has 1 heterocycles. The summed E-state index contributed by atoms with van der Waals surface area (Å²) >= 11 is 0. The van der Waals surface area contributed by atoms with Crippen LogP contribution in [0, 0.1) is 30.3 Å². The molecule has 0 atom stereocenters. The monoisotopic (exact) mass is 215 g/mol. The maximum atomic E-state index is 10.2. The SMILES string of the molecule is O=[N+]([O-])c1cc([N+](=O)[O-])nc([N+](=O)[O-])n1. The van der Waals surface area contributed by atoms with Crippen molar-refractivity contribution in [2.45, 2.75) is 0 Å². The normalized spacial score (nSPS) is 9.60. The number of hydrogen-bond acceptors (Lipinski definition) is 8. The number of aromatic nitrogens is 2. The average Bonchev–Trinajstić information content (AvgIpc) is 2.16. The van der Waals surface area contributed by atoms with Gasteiger partial charge in [-0.15, -0.1) is 0 Å². The molecule has 0 N–H and O–H groups in total. The van der Waals surface area contributed by atoms with E-state index < -0.39 is 32.4 Å². The van der Waals surface area contributed by atoms with Gasteiger partial charge >= 0.3 is 17.6 Å². The Morgan fingerprint density at radius 1 is 0.867 bits per heavy atom. The van der Waals surface area contributed by atoms with E-state index in [1.807, 2.05) is 0 Å². The van der Waals surface area contributed by atoms with Gasteiger partial charge in [0.15, 0.2) is 0 Å². The molecule has 0 bridgehead atoms. The average molecular weight is 215 g/mol. The van der Waals surface area contributed by atoms with Crippen molar-refractivity contribution in [2.24, 2.45) is 0 Å². The van der Waals surface area contributed by atoms with Gasteiger partial charge in [-0.1, -0.05) is 0 Å². The van der Waals surface area contributed by atoms with Crippen LogP contribution in [-0.2, 0) is 0 Å². The van der Waals surface area contributed by atoms with Crippen LogP contribution in [-0.4, -0.2) is 24.7 Å². The van der Waals surface area contributed by atoms with Gasteiger partial charge in [0, 0.05) is 0 Å². The first-order valence-corrected chi connectivity index (χ1v) is 3.24. The molecule has 0 aliphatic rings. The highest BCUT2D eigenvalue weighted by Gasteiger charge is 2.22. The van der Waals surface area contributed by atoms with E-state index in [0.29, 0.717) is 6.07 Å². The van der Waals surface area contributed by atoms with E-state index in [1.54, 1.807) is 0 Å². The van der Waals surface area contributed by atoms with Gasteiger partial charge in [-0.3, -0.25) is 0 Å². The molecule has 15 heavy (non-hydrogen) atoms. The van der Waals surface area contributed by atoms with Crippen LogP contribution in [0.15, 0.2) is 6.07 Å². The van der Waals surface area contributed by atoms with Crippen LogP contribution in [0.4, 0.5) is 17.6 Å². The molecular weight excluding hydrogens is 214 g/mol. The minimum Gasteiger partial charge on any atom is -0.390 e. The number of rotatable bonds is 3. The highest BCUT2D eigenvalue weighted by Crippen LogP contribution is 2.18. The highest BCUT2D eigenvalue weighted by atomic mass is 16.6. The summed E-state index contributed by atoms with van der Waals surface area (Å²) in [7, 11) is 0. The molecule has 0 spiro atoms. The Labute approximate surface area is 79.8 Å². The lowest BCUT2D eigenvalue weighted by Crippen LogP contribution is -2.03. The molecule has 0 aromatic carbocycles. The van der Waals surface area contributed by atoms with Crippen LogP contribution in [0.2, 0.25) is 0 Å². The van der Waals surface area contributed by atoms with Gasteiger partial charge in [0.1, 0.15) is 6.07 Å². The first kappa shape index (κ1) is 10.4. The van der Waals surface area contributed by atoms with Crippen molar-refractivity contribution < 1.29 is 14.8 Å². The Balaban J connectivity index is 3.39. The third kappa shape index (κ3) is 2.15. The third-order valence-corrected chi connectivity index (χ3v) is 1.22. The molecule has 11 nitrogen and oxygen atoms in total. The molecule has 0 radical (unpaired) electrons. The van der Waals surface area contributed by atoms with Crippen molar-refractivity contribution in [2.75, 3.05) is 0 Å². The molecule has 78 valence electrons. The van der Waals surface area contributed by atoms with Crippen LogP contribution in [0.3, 0.4) is 0 Å². The summed E-state index contributed by atoms with van der Waals surface area (Å²) in [4.78, 5) is 33.1. The Hall–Kier alpha value is -2.72. The summed E-state index contributed by atoms with van der Waals surface area (Å²) in [5.41, 5.74) is 0. The van der Waals surface area contributed by atoms with E-state index in [1.165, 1.54) is 0 Å². The first-order valence-electron chi connectivity index (χ1n) is 3.24. The van der Waals surface area contributed by atoms with Crippen molar-refractivity contribution in [3.05, 3.63) is 36.4 Å². The quantitative estimate of drug-likeness (QED) is 0.511. The van der Waals surface area contributed by atoms with Crippen molar-refractivity contribution in [3.63, 3.8) is 0 Å². The van der Waals surface area contributed by atoms with E-state index in [0.717, 1.165) is 0 Å². The molecule has 0 unspecified atom stereocenters. The number of nitro groups is 3. The van der Waals surface area contributed by atoms with Crippen molar-refractivity contribution in [1.29, 1.82) is 0 Å². The van der Waals surface area contributed by atoms with E-state index in [4.69, 9.17) is 0 Å². The van der Waals surface area contributed by atoms with Gasteiger partial charge < -0.3 is 30.3 Å². The minimum atomic E-state index is -1.18. The van der Waals surface area contributed by atoms with Gasteiger partial charge in [0.05, 0.1) is 0 Å². The summed E-state index contributed by atoms with van der Waals surface area (Å²) in [6, 6.07) is 0.437. The first-order chi connectivity index (χ1) is 6.91. The van der Waals surface area contributed by atoms with Crippen LogP contribution >= 0.6 is 0 Å². The number of nitrogens with zero attached hydrogens (tertiary/aromatic N) is 5. The lowest BCUT2D eigenvalue weighted by Gasteiger charge is -1.96. The summed E-state index contributed by atoms with van der Waals surface area (Å²) < 4.78 is 0. The fraction of sp³-hybridized carbons (Fsp3) is 0. The van der Waals surface area contributed by atoms with Crippen molar-refractivity contribution in [3.8, 4) is 0 Å². The Bertz CT molecular complexity index is 378. The fourth-order valence-electron chi connectivity index (χ4n) is 0.679. The fourth-order valence-corrected chi connectivity index (χ4v) is 0.679. The zero-order valence-corrected chi connectivity index (χ0v) is 6.76. The van der Waals surface area contributed by atoms with Crippen LogP contribution in [0.5, 0.6) is 0 Å². The summed E-state index contributed by atoms with van der Waals surface area (Å²) in [6.07, 6.45) is 0. The third-order valence-electron chi connectivity index (χ3n) is 1.22. The summed E-state index contributed by atoms with van der Waals surface area (Å²) in [6.45, 7) is 0. The molecule has 0 saturated heterocycles. The van der Waals surface area contributed by atoms with Gasteiger partial charge in [-0.25, -0.2) is 0 Å². The van der Waals surface area contributed by atoms with E-state index >= 15 is 0 Å². The molecule has 1 aromatic rings.